The summed E-state index contributed by atoms with van der Waals surface area (Å²) in [6, 6.07) is 7.65. The fourth-order valence-electron chi connectivity index (χ4n) is 5.99. The van der Waals surface area contributed by atoms with Crippen LogP contribution >= 0.6 is 0 Å². The van der Waals surface area contributed by atoms with E-state index in [0.717, 1.165) is 31.5 Å². The molecule has 2 amide bonds. The molecule has 10 heteroatoms. The molecule has 0 bridgehead atoms. The van der Waals surface area contributed by atoms with Crippen molar-refractivity contribution in [3.05, 3.63) is 53.3 Å². The summed E-state index contributed by atoms with van der Waals surface area (Å²) in [4.78, 5) is 15.1. The number of amides is 2. The molecule has 2 aliphatic rings. The van der Waals surface area contributed by atoms with Gasteiger partial charge in [-0.1, -0.05) is 6.07 Å². The Kier molecular flexibility index (Phi) is 7.60. The van der Waals surface area contributed by atoms with Gasteiger partial charge in [-0.05, 0) is 82.0 Å². The Morgan fingerprint density at radius 1 is 1.08 bits per heavy atom. The average Bonchev–Trinajstić information content (AvgIpc) is 3.23. The summed E-state index contributed by atoms with van der Waals surface area (Å²) in [7, 11) is 3.21. The molecule has 6 nitrogen and oxygen atoms in total. The molecule has 1 heterocycles. The number of methoxy groups -OCH3 is 2. The number of nitrogens with one attached hydrogen (secondary N) is 2. The minimum Gasteiger partial charge on any atom is -0.493 e. The van der Waals surface area contributed by atoms with Crippen LogP contribution in [-0.4, -0.2) is 49.8 Å². The number of fused-ring (bicyclic) bond motifs is 1. The van der Waals surface area contributed by atoms with Crippen molar-refractivity contribution in [3.8, 4) is 11.5 Å². The second-order valence-electron chi connectivity index (χ2n) is 10.1. The van der Waals surface area contributed by atoms with Gasteiger partial charge in [0, 0.05) is 29.2 Å². The molecule has 1 saturated heterocycles. The van der Waals surface area contributed by atoms with Crippen LogP contribution in [0.5, 0.6) is 11.5 Å². The van der Waals surface area contributed by atoms with Gasteiger partial charge in [-0.3, -0.25) is 4.90 Å². The molecule has 2 aromatic rings. The van der Waals surface area contributed by atoms with E-state index < -0.39 is 23.6 Å². The standard InChI is InChI=1S/C27H33F4N3O3/c1-16(2)34-10-9-26(17-5-6-22(36-3)23(13-17)37-4)8-7-20(15-24(26)34)32-25(35)33-21-12-18(27(29,30)31)11-19(28)14-21/h5-6,11-14,16,20,24H,7-10,15H2,1-4H3,(H2,32,33,35)/t20-,24+,26-/m0/s1. The van der Waals surface area contributed by atoms with Crippen molar-refractivity contribution in [1.29, 1.82) is 0 Å². The number of benzene rings is 2. The van der Waals surface area contributed by atoms with Crippen molar-refractivity contribution in [1.82, 2.24) is 10.2 Å². The van der Waals surface area contributed by atoms with Crippen molar-refractivity contribution in [2.75, 3.05) is 26.1 Å². The van der Waals surface area contributed by atoms with Crippen LogP contribution in [0.4, 0.5) is 28.0 Å². The number of likely N-dealkylation sites (tertiary alicyclic amines) is 1. The van der Waals surface area contributed by atoms with Gasteiger partial charge in [-0.15, -0.1) is 0 Å². The highest BCUT2D eigenvalue weighted by Crippen LogP contribution is 2.51. The minimum absolute atomic E-state index is 0.122. The fraction of sp³-hybridized carbons (Fsp3) is 0.519. The highest BCUT2D eigenvalue weighted by molar-refractivity contribution is 5.89. The number of urea groups is 1. The van der Waals surface area contributed by atoms with Gasteiger partial charge in [-0.25, -0.2) is 9.18 Å². The summed E-state index contributed by atoms with van der Waals surface area (Å²) in [5, 5.41) is 5.27. The van der Waals surface area contributed by atoms with E-state index in [1.54, 1.807) is 14.2 Å². The van der Waals surface area contributed by atoms with E-state index in [4.69, 9.17) is 9.47 Å². The zero-order valence-electron chi connectivity index (χ0n) is 21.4. The molecule has 1 aliphatic heterocycles. The number of carbonyl (C=O) groups excluding carboxylic acids is 1. The molecule has 0 radical (unpaired) electrons. The smallest absolute Gasteiger partial charge is 0.416 e. The van der Waals surface area contributed by atoms with Crippen LogP contribution in [0.1, 0.15) is 50.7 Å². The monoisotopic (exact) mass is 523 g/mol. The molecule has 3 atom stereocenters. The van der Waals surface area contributed by atoms with Crippen LogP contribution in [0.3, 0.4) is 0 Å². The van der Waals surface area contributed by atoms with E-state index in [1.165, 1.54) is 5.56 Å². The van der Waals surface area contributed by atoms with Gasteiger partial charge in [0.1, 0.15) is 5.82 Å². The molecule has 202 valence electrons. The third kappa shape index (κ3) is 5.49. The summed E-state index contributed by atoms with van der Waals surface area (Å²) < 4.78 is 63.8. The van der Waals surface area contributed by atoms with Crippen molar-refractivity contribution in [2.45, 2.75) is 69.2 Å². The molecule has 37 heavy (non-hydrogen) atoms. The Morgan fingerprint density at radius 3 is 2.46 bits per heavy atom. The molecule has 1 saturated carbocycles. The van der Waals surface area contributed by atoms with Crippen LogP contribution in [0.25, 0.3) is 0 Å². The number of anilines is 1. The van der Waals surface area contributed by atoms with Crippen molar-refractivity contribution in [3.63, 3.8) is 0 Å². The van der Waals surface area contributed by atoms with E-state index in [9.17, 15) is 22.4 Å². The van der Waals surface area contributed by atoms with Crippen LogP contribution in [0.2, 0.25) is 0 Å². The van der Waals surface area contributed by atoms with Crippen LogP contribution in [-0.2, 0) is 11.6 Å². The number of ether oxygens (including phenoxy) is 2. The molecule has 4 rings (SSSR count). The van der Waals surface area contributed by atoms with E-state index in [-0.39, 0.29) is 23.2 Å². The van der Waals surface area contributed by atoms with E-state index in [2.05, 4.69) is 35.4 Å². The summed E-state index contributed by atoms with van der Waals surface area (Å²) in [6.07, 6.45) is -1.56. The third-order valence-electron chi connectivity index (χ3n) is 7.74. The first-order valence-electron chi connectivity index (χ1n) is 12.4. The van der Waals surface area contributed by atoms with Gasteiger partial charge in [0.2, 0.25) is 0 Å². The third-order valence-corrected chi connectivity index (χ3v) is 7.74. The quantitative estimate of drug-likeness (QED) is 0.459. The first-order valence-corrected chi connectivity index (χ1v) is 12.4. The molecule has 0 spiro atoms. The fourth-order valence-corrected chi connectivity index (χ4v) is 5.99. The molecule has 1 aliphatic carbocycles. The van der Waals surface area contributed by atoms with Gasteiger partial charge in [0.15, 0.2) is 11.5 Å². The molecule has 0 aromatic heterocycles. The number of rotatable bonds is 6. The van der Waals surface area contributed by atoms with Gasteiger partial charge in [0.05, 0.1) is 19.8 Å². The maximum Gasteiger partial charge on any atom is 0.416 e. The lowest BCUT2D eigenvalue weighted by molar-refractivity contribution is -0.137. The molecule has 0 unspecified atom stereocenters. The Morgan fingerprint density at radius 2 is 1.81 bits per heavy atom. The van der Waals surface area contributed by atoms with Crippen LogP contribution in [0, 0.1) is 5.82 Å². The largest absolute Gasteiger partial charge is 0.493 e. The summed E-state index contributed by atoms with van der Waals surface area (Å²) in [5.74, 6) is 0.265. The normalized spacial score (nSPS) is 24.0. The molecule has 2 aromatic carbocycles. The maximum atomic E-state index is 13.7. The number of halogens is 4. The molecular formula is C27H33F4N3O3. The summed E-state index contributed by atoms with van der Waals surface area (Å²) in [5.41, 5.74) is -0.354. The highest BCUT2D eigenvalue weighted by atomic mass is 19.4. The van der Waals surface area contributed by atoms with Crippen LogP contribution in [0.15, 0.2) is 36.4 Å². The SMILES string of the molecule is COc1ccc([C@@]23CC[C@H](NC(=O)Nc4cc(F)cc(C(F)(F)F)c4)C[C@H]2N(C(C)C)CC3)cc1OC. The summed E-state index contributed by atoms with van der Waals surface area (Å²) >= 11 is 0. The van der Waals surface area contributed by atoms with Crippen LogP contribution < -0.4 is 20.1 Å². The lowest BCUT2D eigenvalue weighted by Gasteiger charge is -2.46. The first-order chi connectivity index (χ1) is 17.5. The number of hydrogen-bond acceptors (Lipinski definition) is 4. The van der Waals surface area contributed by atoms with E-state index in [1.807, 2.05) is 12.1 Å². The predicted octanol–water partition coefficient (Wildman–Crippen LogP) is 5.96. The Hall–Kier alpha value is -3.01. The zero-order chi connectivity index (χ0) is 27.0. The molecular weight excluding hydrogens is 490 g/mol. The predicted molar refractivity (Wildman–Crippen MR) is 133 cm³/mol. The number of nitrogens with zero attached hydrogens (tertiary/aromatic N) is 1. The number of alkyl halides is 3. The Labute approximate surface area is 214 Å². The maximum absolute atomic E-state index is 13.7. The second kappa shape index (κ2) is 10.4. The van der Waals surface area contributed by atoms with Gasteiger partial charge < -0.3 is 20.1 Å². The number of hydrogen-bond donors (Lipinski definition) is 2. The average molecular weight is 524 g/mol. The number of carbonyl (C=O) groups is 1. The Bertz CT molecular complexity index is 1140. The minimum atomic E-state index is -4.71. The van der Waals surface area contributed by atoms with Crippen molar-refractivity contribution in [2.24, 2.45) is 0 Å². The summed E-state index contributed by atoms with van der Waals surface area (Å²) in [6.45, 7) is 5.21. The van der Waals surface area contributed by atoms with Gasteiger partial charge >= 0.3 is 12.2 Å². The van der Waals surface area contributed by atoms with Gasteiger partial charge in [0.25, 0.3) is 0 Å². The Balaban J connectivity index is 1.52. The zero-order valence-corrected chi connectivity index (χ0v) is 21.4. The highest BCUT2D eigenvalue weighted by Gasteiger charge is 2.52. The molecule has 2 N–H and O–H groups in total. The van der Waals surface area contributed by atoms with Crippen molar-refractivity contribution < 1.29 is 31.8 Å². The topological polar surface area (TPSA) is 62.8 Å². The molecule has 2 fully saturated rings. The second-order valence-corrected chi connectivity index (χ2v) is 10.1. The first kappa shape index (κ1) is 27.0. The van der Waals surface area contributed by atoms with Gasteiger partial charge in [-0.2, -0.15) is 13.2 Å². The lowest BCUT2D eigenvalue weighted by Crippen LogP contribution is -2.54. The lowest BCUT2D eigenvalue weighted by atomic mass is 9.65. The van der Waals surface area contributed by atoms with E-state index in [0.29, 0.717) is 36.4 Å². The van der Waals surface area contributed by atoms with E-state index >= 15 is 0 Å². The van der Waals surface area contributed by atoms with Crippen molar-refractivity contribution >= 4 is 11.7 Å².